The van der Waals surface area contributed by atoms with E-state index in [-0.39, 0.29) is 53.8 Å². The van der Waals surface area contributed by atoms with Crippen molar-refractivity contribution in [3.63, 3.8) is 0 Å². The van der Waals surface area contributed by atoms with Gasteiger partial charge in [-0.3, -0.25) is 19.2 Å². The molecule has 99 heavy (non-hydrogen) atoms. The number of morpholine rings is 2. The van der Waals surface area contributed by atoms with Gasteiger partial charge in [0.15, 0.2) is 17.0 Å². The third-order valence-electron chi connectivity index (χ3n) is 17.4. The lowest BCUT2D eigenvalue weighted by Gasteiger charge is -2.37. The number of anilines is 4. The molecule has 538 valence electrons. The fourth-order valence-corrected chi connectivity index (χ4v) is 11.6. The normalized spacial score (nSPS) is 16.8. The van der Waals surface area contributed by atoms with Crippen LogP contribution in [-0.4, -0.2) is 284 Å². The van der Waals surface area contributed by atoms with Gasteiger partial charge in [-0.05, 0) is 94.6 Å². The van der Waals surface area contributed by atoms with Crippen LogP contribution in [0, 0.1) is 13.8 Å². The van der Waals surface area contributed by atoms with Gasteiger partial charge in [0, 0.05) is 82.8 Å². The van der Waals surface area contributed by atoms with E-state index in [1.54, 1.807) is 46.8 Å². The fourth-order valence-electron chi connectivity index (χ4n) is 11.6. The maximum Gasteiger partial charge on any atom is 0.277 e. The molecule has 3 fully saturated rings. The van der Waals surface area contributed by atoms with Crippen molar-refractivity contribution < 1.29 is 66.5 Å². The minimum Gasteiger partial charge on any atom is -0.383 e. The van der Waals surface area contributed by atoms with Crippen molar-refractivity contribution in [1.29, 1.82) is 0 Å². The number of nitrogen functional groups attached to an aromatic ring is 1. The third-order valence-corrected chi connectivity index (χ3v) is 17.4. The van der Waals surface area contributed by atoms with E-state index in [0.717, 1.165) is 52.8 Å². The summed E-state index contributed by atoms with van der Waals surface area (Å²) >= 11 is 0. The first-order valence-corrected chi connectivity index (χ1v) is 34.3. The van der Waals surface area contributed by atoms with Gasteiger partial charge in [0.25, 0.3) is 11.8 Å². The Hall–Kier alpha value is -7.94. The van der Waals surface area contributed by atoms with E-state index in [1.165, 1.54) is 6.33 Å². The summed E-state index contributed by atoms with van der Waals surface area (Å²) in [6.45, 7) is 21.4. The Labute approximate surface area is 579 Å². The molecule has 6 aromatic rings. The predicted octanol–water partition coefficient (Wildman–Crippen LogP) is 4.58. The molecule has 0 radical (unpaired) electrons. The number of nitrogens with zero attached hydrogens (tertiary/aromatic N) is 12. The number of rotatable bonds is 39. The number of likely N-dealkylation sites (tertiary alicyclic amines) is 1. The Kier molecular flexibility index (Phi) is 29.8. The lowest BCUT2D eigenvalue weighted by atomic mass is 9.98. The zero-order valence-corrected chi connectivity index (χ0v) is 58.5. The highest BCUT2D eigenvalue weighted by Crippen LogP contribution is 2.33. The number of benzene rings is 2. The molecule has 2 aromatic carbocycles. The Morgan fingerprint density at radius 1 is 0.697 bits per heavy atom. The number of amides is 4. The first-order valence-electron chi connectivity index (χ1n) is 34.3. The molecule has 0 aliphatic carbocycles. The number of carbonyl (C=O) groups excluding carboxylic acids is 4. The Bertz CT molecular complexity index is 3620. The van der Waals surface area contributed by atoms with Crippen LogP contribution in [0.3, 0.4) is 0 Å². The molecule has 7 heterocycles. The average Bonchev–Trinajstić information content (AvgIpc) is 1.74. The van der Waals surface area contributed by atoms with Crippen LogP contribution in [0.2, 0.25) is 0 Å². The third kappa shape index (κ3) is 22.0. The quantitative estimate of drug-likeness (QED) is 0.0351. The molecule has 4 N–H and O–H groups in total. The summed E-state index contributed by atoms with van der Waals surface area (Å²) in [6.07, 6.45) is 6.52. The zero-order chi connectivity index (χ0) is 69.9. The van der Waals surface area contributed by atoms with Crippen LogP contribution < -0.4 is 26.2 Å². The predicted molar refractivity (Wildman–Crippen MR) is 374 cm³/mol. The Morgan fingerprint density at radius 2 is 1.32 bits per heavy atom. The molecule has 29 nitrogen and oxygen atoms in total. The summed E-state index contributed by atoms with van der Waals surface area (Å²) in [5, 5.41) is 11.9. The van der Waals surface area contributed by atoms with Gasteiger partial charge in [0.2, 0.25) is 17.8 Å². The second kappa shape index (κ2) is 39.2. The van der Waals surface area contributed by atoms with Crippen molar-refractivity contribution in [2.75, 3.05) is 220 Å². The molecular weight excluding hydrogens is 1270 g/mol. The van der Waals surface area contributed by atoms with Crippen LogP contribution >= 0.6 is 0 Å². The molecule has 3 saturated heterocycles. The maximum atomic E-state index is 13.9. The highest BCUT2D eigenvalue weighted by Gasteiger charge is 2.31. The van der Waals surface area contributed by atoms with Gasteiger partial charge in [-0.25, -0.2) is 19.6 Å². The lowest BCUT2D eigenvalue weighted by Crippen LogP contribution is -2.46. The van der Waals surface area contributed by atoms with Crippen LogP contribution in [0.25, 0.3) is 33.3 Å². The van der Waals surface area contributed by atoms with Crippen molar-refractivity contribution >= 4 is 69.0 Å². The number of hydrogen-bond donors (Lipinski definition) is 3. The minimum absolute atomic E-state index is 0.0136. The van der Waals surface area contributed by atoms with Crippen molar-refractivity contribution in [2.45, 2.75) is 65.1 Å². The standard InChI is InChI=1S/C70H99N15O14/c1-49-46-98-27-23-83(49)66-57-16-18-59(75-65(57)77-70(78-66)84-24-28-99-47-50(84)2)54-11-8-12-55(43-54)68(88)72-19-25-90-29-31-92-33-35-94-37-39-96-41-42-97-40-38-95-36-34-93-32-30-91-26-22-81(7)20-10-14-60(86)82-21-9-13-56(45-82)85-67-62(64(71)73-48-74-67)63(79-85)69(89)76-58-17-15-53(51(3)52(58)4)44-61(87)80(5)6/h8,10-12,14-18,43,48-50,56H,9,13,19-42,44-47H2,1-7H3,(H,72,88)(H,76,89)(H2,71,73,74)/b14-10+/t49?,50-,56-/m1/s1. The first-order chi connectivity index (χ1) is 48.1. The molecule has 0 spiro atoms. The minimum atomic E-state index is -0.468. The summed E-state index contributed by atoms with van der Waals surface area (Å²) in [5.74, 6) is 0.812. The Morgan fingerprint density at radius 3 is 1.96 bits per heavy atom. The van der Waals surface area contributed by atoms with Crippen LogP contribution in [0.4, 0.5) is 23.3 Å². The van der Waals surface area contributed by atoms with Crippen LogP contribution in [0.1, 0.15) is 70.3 Å². The van der Waals surface area contributed by atoms with E-state index < -0.39 is 5.91 Å². The molecule has 4 amide bonds. The second-order valence-corrected chi connectivity index (χ2v) is 24.8. The summed E-state index contributed by atoms with van der Waals surface area (Å²) in [6, 6.07) is 15.1. The zero-order valence-electron chi connectivity index (χ0n) is 58.5. The summed E-state index contributed by atoms with van der Waals surface area (Å²) in [7, 11) is 5.41. The molecule has 9 rings (SSSR count). The second-order valence-electron chi connectivity index (χ2n) is 24.8. The number of hydrogen-bond acceptors (Lipinski definition) is 24. The molecule has 3 aliphatic heterocycles. The summed E-state index contributed by atoms with van der Waals surface area (Å²) in [5.41, 5.74) is 12.7. The molecule has 0 bridgehead atoms. The van der Waals surface area contributed by atoms with Crippen molar-refractivity contribution in [3.8, 4) is 11.3 Å². The van der Waals surface area contributed by atoms with Crippen molar-refractivity contribution in [2.24, 2.45) is 0 Å². The number of ether oxygens (including phenoxy) is 10. The number of pyridine rings is 1. The summed E-state index contributed by atoms with van der Waals surface area (Å²) in [4.78, 5) is 86.5. The molecule has 1 unspecified atom stereocenters. The van der Waals surface area contributed by atoms with E-state index in [9.17, 15) is 19.2 Å². The molecule has 29 heteroatoms. The highest BCUT2D eigenvalue weighted by molar-refractivity contribution is 6.13. The topological polar surface area (TPSA) is 309 Å². The van der Waals surface area contributed by atoms with Gasteiger partial charge in [-0.2, -0.15) is 15.1 Å². The Balaban J connectivity index is 0.536. The fraction of sp³-hybridized carbons (Fsp3) is 0.571. The van der Waals surface area contributed by atoms with Gasteiger partial charge in [0.05, 0.1) is 173 Å². The number of likely N-dealkylation sites (N-methyl/N-ethyl adjacent to an activating group) is 2. The van der Waals surface area contributed by atoms with E-state index >= 15 is 0 Å². The lowest BCUT2D eigenvalue weighted by molar-refractivity contribution is -0.128. The van der Waals surface area contributed by atoms with E-state index in [4.69, 9.17) is 73.2 Å². The molecule has 3 aliphatic rings. The monoisotopic (exact) mass is 1370 g/mol. The number of aromatic nitrogens is 7. The number of piperidine rings is 1. The SMILES string of the molecule is Cc1c(CC(=O)N(C)C)ccc(NC(=O)c2nn([C@@H]3CCCN(C(=O)/C=C/CN(C)CCOCCOCCOCCOCCOCCOCCOCCOCCNC(=O)c4cccc(-c5ccc6c(N7CCOCC7C)nc(N7CCOC[C@H]7C)nc6n5)c4)C3)c3ncnc(N)c23)c1C. The van der Waals surface area contributed by atoms with Gasteiger partial charge in [-0.1, -0.05) is 24.3 Å². The van der Waals surface area contributed by atoms with E-state index in [1.807, 2.05) is 63.4 Å². The molecule has 3 atom stereocenters. The van der Waals surface area contributed by atoms with Crippen LogP contribution in [0.5, 0.6) is 0 Å². The largest absolute Gasteiger partial charge is 0.383 e. The highest BCUT2D eigenvalue weighted by atomic mass is 16.6. The van der Waals surface area contributed by atoms with Gasteiger partial charge in [0.1, 0.15) is 18.0 Å². The van der Waals surface area contributed by atoms with Crippen molar-refractivity contribution in [1.82, 2.24) is 54.7 Å². The number of nitrogens with one attached hydrogen (secondary N) is 2. The van der Waals surface area contributed by atoms with E-state index in [2.05, 4.69) is 49.1 Å². The molecule has 0 saturated carbocycles. The average molecular weight is 1370 g/mol. The van der Waals surface area contributed by atoms with Crippen molar-refractivity contribution in [3.05, 3.63) is 95.0 Å². The maximum absolute atomic E-state index is 13.9. The molecule has 4 aromatic heterocycles. The van der Waals surface area contributed by atoms with E-state index in [0.29, 0.717) is 211 Å². The molecular formula is C70H99N15O14. The first kappa shape index (κ1) is 75.3. The number of carbonyl (C=O) groups is 4. The van der Waals surface area contributed by atoms with Crippen LogP contribution in [0.15, 0.2) is 67.0 Å². The van der Waals surface area contributed by atoms with Crippen LogP contribution in [-0.2, 0) is 63.4 Å². The van der Waals surface area contributed by atoms with Gasteiger partial charge in [-0.15, -0.1) is 0 Å². The number of nitrogens with two attached hydrogens (primary N) is 1. The van der Waals surface area contributed by atoms with Gasteiger partial charge < -0.3 is 88.2 Å². The van der Waals surface area contributed by atoms with Gasteiger partial charge >= 0.3 is 0 Å². The summed E-state index contributed by atoms with van der Waals surface area (Å²) < 4.78 is 58.3. The smallest absolute Gasteiger partial charge is 0.277 e. The number of fused-ring (bicyclic) bond motifs is 2.